The van der Waals surface area contributed by atoms with Crippen molar-refractivity contribution < 1.29 is 9.53 Å². The summed E-state index contributed by atoms with van der Waals surface area (Å²) in [6, 6.07) is 10.4. The van der Waals surface area contributed by atoms with E-state index in [1.54, 1.807) is 6.20 Å². The van der Waals surface area contributed by atoms with E-state index in [-0.39, 0.29) is 5.91 Å². The maximum Gasteiger partial charge on any atom is 0.235 e. The molecule has 164 valence electrons. The Morgan fingerprint density at radius 2 is 2.00 bits per heavy atom. The van der Waals surface area contributed by atoms with Crippen LogP contribution in [0.1, 0.15) is 51.9 Å². The Morgan fingerprint density at radius 3 is 2.77 bits per heavy atom. The number of fused-ring (bicyclic) bond motifs is 1. The molecule has 1 aliphatic rings. The number of anilines is 1. The molecule has 0 unspecified atom stereocenters. The van der Waals surface area contributed by atoms with Crippen LogP contribution in [0.3, 0.4) is 0 Å². The van der Waals surface area contributed by atoms with Gasteiger partial charge in [0, 0.05) is 37.0 Å². The van der Waals surface area contributed by atoms with Gasteiger partial charge < -0.3 is 15.4 Å². The Kier molecular flexibility index (Phi) is 7.02. The maximum absolute atomic E-state index is 11.5. The van der Waals surface area contributed by atoms with Crippen LogP contribution in [0.5, 0.6) is 5.75 Å². The van der Waals surface area contributed by atoms with Gasteiger partial charge in [0.05, 0.1) is 6.61 Å². The number of carbonyl (C=O) groups excluding carboxylic acids is 1. The largest absolute Gasteiger partial charge is 0.494 e. The highest BCUT2D eigenvalue weighted by Crippen LogP contribution is 2.32. The fourth-order valence-corrected chi connectivity index (χ4v) is 4.08. The van der Waals surface area contributed by atoms with E-state index in [1.165, 1.54) is 32.1 Å². The van der Waals surface area contributed by atoms with Gasteiger partial charge in [-0.1, -0.05) is 19.3 Å². The van der Waals surface area contributed by atoms with Gasteiger partial charge in [-0.05, 0) is 56.5 Å². The third-order valence-corrected chi connectivity index (χ3v) is 5.67. The van der Waals surface area contributed by atoms with Crippen molar-refractivity contribution in [3.63, 3.8) is 0 Å². The molecule has 7 heteroatoms. The summed E-state index contributed by atoms with van der Waals surface area (Å²) in [5, 5.41) is 6.54. The van der Waals surface area contributed by atoms with Crippen LogP contribution in [0.2, 0.25) is 0 Å². The molecular formula is C24H31N5O2. The predicted molar refractivity (Wildman–Crippen MR) is 122 cm³/mol. The zero-order valence-electron chi connectivity index (χ0n) is 18.1. The average Bonchev–Trinajstić information content (AvgIpc) is 3.16. The lowest BCUT2D eigenvalue weighted by molar-refractivity contribution is -0.121. The van der Waals surface area contributed by atoms with Crippen LogP contribution in [0, 0.1) is 0 Å². The standard InChI is InChI=1S/C24H31N5O2/c1-2-25-21(30)10-6-17-31-20-13-11-18(12-14-20)22-23(27-19-8-4-3-5-9-19)29-16-7-15-26-24(29)28-22/h7,11-16,19,27H,2-6,8-10,17H2,1H3,(H,25,30). The SMILES string of the molecule is CCNC(=O)CCCOc1ccc(-c2nc3ncccn3c2NC2CCCCC2)cc1. The molecule has 1 saturated carbocycles. The van der Waals surface area contributed by atoms with Crippen molar-refractivity contribution >= 4 is 17.5 Å². The van der Waals surface area contributed by atoms with Crippen LogP contribution in [-0.2, 0) is 4.79 Å². The van der Waals surface area contributed by atoms with Crippen molar-refractivity contribution in [2.75, 3.05) is 18.5 Å². The van der Waals surface area contributed by atoms with E-state index in [0.717, 1.165) is 22.8 Å². The number of hydrogen-bond acceptors (Lipinski definition) is 5. The van der Waals surface area contributed by atoms with Crippen LogP contribution >= 0.6 is 0 Å². The first kappa shape index (κ1) is 21.2. The van der Waals surface area contributed by atoms with Gasteiger partial charge in [-0.25, -0.2) is 9.97 Å². The number of imidazole rings is 1. The minimum absolute atomic E-state index is 0.0694. The highest BCUT2D eigenvalue weighted by atomic mass is 16.5. The van der Waals surface area contributed by atoms with Crippen molar-refractivity contribution in [3.8, 4) is 17.0 Å². The lowest BCUT2D eigenvalue weighted by Crippen LogP contribution is -2.23. The monoisotopic (exact) mass is 421 g/mol. The first-order valence-corrected chi connectivity index (χ1v) is 11.3. The predicted octanol–water partition coefficient (Wildman–Crippen LogP) is 4.44. The summed E-state index contributed by atoms with van der Waals surface area (Å²) in [5.41, 5.74) is 1.94. The van der Waals surface area contributed by atoms with Gasteiger partial charge in [0.25, 0.3) is 0 Å². The highest BCUT2D eigenvalue weighted by Gasteiger charge is 2.20. The van der Waals surface area contributed by atoms with E-state index < -0.39 is 0 Å². The molecule has 0 radical (unpaired) electrons. The normalized spacial score (nSPS) is 14.5. The number of carbonyl (C=O) groups is 1. The van der Waals surface area contributed by atoms with Gasteiger partial charge in [0.1, 0.15) is 17.3 Å². The Hall–Kier alpha value is -3.09. The summed E-state index contributed by atoms with van der Waals surface area (Å²) in [5.74, 6) is 2.57. The molecule has 1 aromatic carbocycles. The second kappa shape index (κ2) is 10.3. The Morgan fingerprint density at radius 1 is 1.19 bits per heavy atom. The van der Waals surface area contributed by atoms with Crippen LogP contribution < -0.4 is 15.4 Å². The van der Waals surface area contributed by atoms with E-state index >= 15 is 0 Å². The van der Waals surface area contributed by atoms with Gasteiger partial charge in [0.15, 0.2) is 0 Å². The Labute approximate surface area is 183 Å². The number of aromatic nitrogens is 3. The molecule has 4 rings (SSSR count). The zero-order chi connectivity index (χ0) is 21.5. The van der Waals surface area contributed by atoms with E-state index in [9.17, 15) is 4.79 Å². The Bertz CT molecular complexity index is 993. The molecule has 1 amide bonds. The van der Waals surface area contributed by atoms with Gasteiger partial charge in [0.2, 0.25) is 11.7 Å². The molecule has 0 saturated heterocycles. The smallest absolute Gasteiger partial charge is 0.235 e. The topological polar surface area (TPSA) is 80.5 Å². The fraction of sp³-hybridized carbons (Fsp3) is 0.458. The third kappa shape index (κ3) is 5.34. The molecule has 2 aromatic heterocycles. The number of nitrogens with zero attached hydrogens (tertiary/aromatic N) is 3. The van der Waals surface area contributed by atoms with Crippen molar-refractivity contribution in [2.45, 2.75) is 57.9 Å². The molecule has 2 N–H and O–H groups in total. The number of benzene rings is 1. The molecule has 0 atom stereocenters. The second-order valence-electron chi connectivity index (χ2n) is 8.01. The van der Waals surface area contributed by atoms with Crippen molar-refractivity contribution in [1.82, 2.24) is 19.7 Å². The van der Waals surface area contributed by atoms with Crippen molar-refractivity contribution in [3.05, 3.63) is 42.7 Å². The number of nitrogens with one attached hydrogen (secondary N) is 2. The number of hydrogen-bond donors (Lipinski definition) is 2. The minimum Gasteiger partial charge on any atom is -0.494 e. The van der Waals surface area contributed by atoms with Gasteiger partial charge in [-0.2, -0.15) is 0 Å². The first-order valence-electron chi connectivity index (χ1n) is 11.3. The second-order valence-corrected chi connectivity index (χ2v) is 8.01. The van der Waals surface area contributed by atoms with E-state index in [1.807, 2.05) is 47.9 Å². The molecule has 2 heterocycles. The van der Waals surface area contributed by atoms with Crippen LogP contribution in [0.4, 0.5) is 5.82 Å². The quantitative estimate of drug-likeness (QED) is 0.500. The molecule has 0 spiro atoms. The van der Waals surface area contributed by atoms with Crippen LogP contribution in [0.25, 0.3) is 17.0 Å². The molecule has 1 aliphatic carbocycles. The molecule has 0 aliphatic heterocycles. The van der Waals surface area contributed by atoms with E-state index in [0.29, 0.717) is 37.8 Å². The lowest BCUT2D eigenvalue weighted by Gasteiger charge is -2.24. The van der Waals surface area contributed by atoms with Crippen molar-refractivity contribution in [2.24, 2.45) is 0 Å². The average molecular weight is 422 g/mol. The van der Waals surface area contributed by atoms with E-state index in [4.69, 9.17) is 9.72 Å². The lowest BCUT2D eigenvalue weighted by atomic mass is 9.95. The number of rotatable bonds is 9. The third-order valence-electron chi connectivity index (χ3n) is 5.67. The molecule has 3 aromatic rings. The maximum atomic E-state index is 11.5. The summed E-state index contributed by atoms with van der Waals surface area (Å²) in [4.78, 5) is 20.7. The van der Waals surface area contributed by atoms with Gasteiger partial charge in [-0.15, -0.1) is 0 Å². The van der Waals surface area contributed by atoms with Gasteiger partial charge in [-0.3, -0.25) is 9.20 Å². The molecule has 0 bridgehead atoms. The van der Waals surface area contributed by atoms with Crippen LogP contribution in [-0.4, -0.2) is 39.5 Å². The molecular weight excluding hydrogens is 390 g/mol. The molecule has 7 nitrogen and oxygen atoms in total. The fourth-order valence-electron chi connectivity index (χ4n) is 4.08. The zero-order valence-corrected chi connectivity index (χ0v) is 18.1. The minimum atomic E-state index is 0.0694. The van der Waals surface area contributed by atoms with E-state index in [2.05, 4.69) is 15.6 Å². The summed E-state index contributed by atoms with van der Waals surface area (Å²) < 4.78 is 7.84. The summed E-state index contributed by atoms with van der Waals surface area (Å²) >= 11 is 0. The first-order chi connectivity index (χ1) is 15.2. The summed E-state index contributed by atoms with van der Waals surface area (Å²) in [6.45, 7) is 3.10. The summed E-state index contributed by atoms with van der Waals surface area (Å²) in [7, 11) is 0. The highest BCUT2D eigenvalue weighted by molar-refractivity contribution is 5.76. The molecule has 1 fully saturated rings. The summed E-state index contributed by atoms with van der Waals surface area (Å²) in [6.07, 6.45) is 11.2. The number of amides is 1. The number of ether oxygens (including phenoxy) is 1. The van der Waals surface area contributed by atoms with Gasteiger partial charge >= 0.3 is 0 Å². The van der Waals surface area contributed by atoms with Crippen LogP contribution in [0.15, 0.2) is 42.7 Å². The van der Waals surface area contributed by atoms with Crippen molar-refractivity contribution in [1.29, 1.82) is 0 Å². The Balaban J connectivity index is 1.46. The molecule has 31 heavy (non-hydrogen) atoms.